The van der Waals surface area contributed by atoms with Gasteiger partial charge < -0.3 is 0 Å². The molecule has 0 saturated carbocycles. The van der Waals surface area contributed by atoms with Crippen LogP contribution in [-0.4, -0.2) is 12.3 Å². The molecular formula is C13H13NS. The van der Waals surface area contributed by atoms with Gasteiger partial charge in [0.1, 0.15) is 0 Å². The van der Waals surface area contributed by atoms with E-state index in [1.807, 2.05) is 11.3 Å². The molecular weight excluding hydrogens is 202 g/mol. The number of thiophene rings is 1. The number of fused-ring (bicyclic) bond motifs is 3. The molecule has 2 aromatic rings. The molecule has 0 spiro atoms. The average Bonchev–Trinajstić information content (AvgIpc) is 2.53. The van der Waals surface area contributed by atoms with Crippen molar-refractivity contribution in [3.8, 4) is 0 Å². The molecule has 0 aliphatic carbocycles. The standard InChI is InChI=1S/C13H13NS/c1-9-13-10-5-2-3-6-11(10)15-12(13)7-4-8-14-9/h2-3,5-6H,4,7-8H2,1H3. The predicted octanol–water partition coefficient (Wildman–Crippen LogP) is 3.66. The normalized spacial score (nSPS) is 15.9. The molecule has 76 valence electrons. The molecule has 0 amide bonds. The fourth-order valence-corrected chi connectivity index (χ4v) is 3.53. The highest BCUT2D eigenvalue weighted by atomic mass is 32.1. The minimum Gasteiger partial charge on any atom is -0.289 e. The average molecular weight is 215 g/mol. The Morgan fingerprint density at radius 1 is 1.27 bits per heavy atom. The van der Waals surface area contributed by atoms with Crippen LogP contribution in [0.1, 0.15) is 23.8 Å². The van der Waals surface area contributed by atoms with Crippen LogP contribution < -0.4 is 0 Å². The molecule has 0 bridgehead atoms. The van der Waals surface area contributed by atoms with E-state index in [1.165, 1.54) is 39.1 Å². The number of benzene rings is 1. The third kappa shape index (κ3) is 1.40. The van der Waals surface area contributed by atoms with Crippen molar-refractivity contribution in [2.75, 3.05) is 6.54 Å². The van der Waals surface area contributed by atoms with Crippen molar-refractivity contribution in [2.45, 2.75) is 19.8 Å². The minimum absolute atomic E-state index is 0.988. The topological polar surface area (TPSA) is 12.4 Å². The Hall–Kier alpha value is -1.15. The molecule has 15 heavy (non-hydrogen) atoms. The van der Waals surface area contributed by atoms with Gasteiger partial charge >= 0.3 is 0 Å². The maximum atomic E-state index is 4.61. The van der Waals surface area contributed by atoms with Crippen molar-refractivity contribution in [2.24, 2.45) is 4.99 Å². The number of aryl methyl sites for hydroxylation is 1. The highest BCUT2D eigenvalue weighted by Gasteiger charge is 2.15. The van der Waals surface area contributed by atoms with Crippen LogP contribution in [0.3, 0.4) is 0 Å². The predicted molar refractivity (Wildman–Crippen MR) is 67.2 cm³/mol. The first kappa shape index (κ1) is 9.10. The molecule has 2 heterocycles. The number of hydrogen-bond acceptors (Lipinski definition) is 2. The molecule has 0 saturated heterocycles. The molecule has 1 aliphatic heterocycles. The summed E-state index contributed by atoms with van der Waals surface area (Å²) in [5.74, 6) is 0. The van der Waals surface area contributed by atoms with Crippen LogP contribution in [0.15, 0.2) is 29.3 Å². The summed E-state index contributed by atoms with van der Waals surface area (Å²) in [6.07, 6.45) is 2.38. The number of rotatable bonds is 0. The van der Waals surface area contributed by atoms with Gasteiger partial charge in [-0.15, -0.1) is 11.3 Å². The molecule has 0 unspecified atom stereocenters. The second kappa shape index (κ2) is 3.46. The Bertz CT molecular complexity index is 536. The van der Waals surface area contributed by atoms with E-state index in [1.54, 1.807) is 0 Å². The third-order valence-corrected chi connectivity index (χ3v) is 4.17. The summed E-state index contributed by atoms with van der Waals surface area (Å²) in [5.41, 5.74) is 2.63. The quantitative estimate of drug-likeness (QED) is 0.636. The van der Waals surface area contributed by atoms with E-state index in [9.17, 15) is 0 Å². The lowest BCUT2D eigenvalue weighted by atomic mass is 10.1. The molecule has 2 heteroatoms. The van der Waals surface area contributed by atoms with Crippen LogP contribution in [0.25, 0.3) is 10.1 Å². The smallest absolute Gasteiger partial charge is 0.0407 e. The molecule has 3 rings (SSSR count). The fraction of sp³-hybridized carbons (Fsp3) is 0.308. The molecule has 0 fully saturated rings. The molecule has 0 atom stereocenters. The van der Waals surface area contributed by atoms with E-state index in [2.05, 4.69) is 36.2 Å². The Morgan fingerprint density at radius 3 is 3.07 bits per heavy atom. The van der Waals surface area contributed by atoms with E-state index < -0.39 is 0 Å². The van der Waals surface area contributed by atoms with E-state index in [-0.39, 0.29) is 0 Å². The first-order valence-corrected chi connectivity index (χ1v) is 6.20. The van der Waals surface area contributed by atoms with E-state index in [0.717, 1.165) is 6.54 Å². The van der Waals surface area contributed by atoms with E-state index >= 15 is 0 Å². The number of nitrogens with zero attached hydrogens (tertiary/aromatic N) is 1. The zero-order chi connectivity index (χ0) is 10.3. The summed E-state index contributed by atoms with van der Waals surface area (Å²) < 4.78 is 1.40. The Labute approximate surface area is 93.5 Å². The first-order valence-electron chi connectivity index (χ1n) is 5.38. The van der Waals surface area contributed by atoms with Crippen LogP contribution >= 0.6 is 11.3 Å². The van der Waals surface area contributed by atoms with Gasteiger partial charge in [-0.3, -0.25) is 4.99 Å². The SMILES string of the molecule is CC1=NCCCc2sc3ccccc3c21. The van der Waals surface area contributed by atoms with Crippen molar-refractivity contribution >= 4 is 27.1 Å². The van der Waals surface area contributed by atoms with E-state index in [0.29, 0.717) is 0 Å². The van der Waals surface area contributed by atoms with Gasteiger partial charge in [-0.1, -0.05) is 18.2 Å². The molecule has 0 radical (unpaired) electrons. The van der Waals surface area contributed by atoms with Gasteiger partial charge in [0.2, 0.25) is 0 Å². The summed E-state index contributed by atoms with van der Waals surface area (Å²) in [7, 11) is 0. The summed E-state index contributed by atoms with van der Waals surface area (Å²) in [6, 6.07) is 8.66. The number of aliphatic imine (C=N–C) groups is 1. The van der Waals surface area contributed by atoms with Gasteiger partial charge in [0, 0.05) is 32.8 Å². The lowest BCUT2D eigenvalue weighted by Crippen LogP contribution is -1.94. The van der Waals surface area contributed by atoms with Crippen molar-refractivity contribution in [3.63, 3.8) is 0 Å². The molecule has 1 aromatic carbocycles. The highest BCUT2D eigenvalue weighted by molar-refractivity contribution is 7.19. The lowest BCUT2D eigenvalue weighted by molar-refractivity contribution is 0.854. The summed E-state index contributed by atoms with van der Waals surface area (Å²) in [5, 5.41) is 1.39. The zero-order valence-corrected chi connectivity index (χ0v) is 9.60. The highest BCUT2D eigenvalue weighted by Crippen LogP contribution is 2.33. The van der Waals surface area contributed by atoms with Crippen molar-refractivity contribution in [1.82, 2.24) is 0 Å². The molecule has 0 N–H and O–H groups in total. The van der Waals surface area contributed by atoms with Crippen LogP contribution in [0.2, 0.25) is 0 Å². The summed E-state index contributed by atoms with van der Waals surface area (Å²) in [4.78, 5) is 6.13. The van der Waals surface area contributed by atoms with Gasteiger partial charge in [0.05, 0.1) is 0 Å². The summed E-state index contributed by atoms with van der Waals surface area (Å²) >= 11 is 1.94. The maximum absolute atomic E-state index is 4.61. The minimum atomic E-state index is 0.988. The van der Waals surface area contributed by atoms with Crippen molar-refractivity contribution in [3.05, 3.63) is 34.7 Å². The molecule has 1 aromatic heterocycles. The molecule has 1 nitrogen and oxygen atoms in total. The Morgan fingerprint density at radius 2 is 2.13 bits per heavy atom. The van der Waals surface area contributed by atoms with Gasteiger partial charge in [-0.25, -0.2) is 0 Å². The Kier molecular flexibility index (Phi) is 2.10. The van der Waals surface area contributed by atoms with Crippen molar-refractivity contribution in [1.29, 1.82) is 0 Å². The van der Waals surface area contributed by atoms with Gasteiger partial charge in [0.15, 0.2) is 0 Å². The van der Waals surface area contributed by atoms with E-state index in [4.69, 9.17) is 0 Å². The zero-order valence-electron chi connectivity index (χ0n) is 8.79. The third-order valence-electron chi connectivity index (χ3n) is 2.94. The van der Waals surface area contributed by atoms with Gasteiger partial charge in [-0.2, -0.15) is 0 Å². The van der Waals surface area contributed by atoms with Gasteiger partial charge in [-0.05, 0) is 25.8 Å². The second-order valence-electron chi connectivity index (χ2n) is 3.97. The Balaban J connectivity index is 2.36. The molecule has 1 aliphatic rings. The lowest BCUT2D eigenvalue weighted by Gasteiger charge is -1.98. The number of hydrogen-bond donors (Lipinski definition) is 0. The van der Waals surface area contributed by atoms with Gasteiger partial charge in [0.25, 0.3) is 0 Å². The van der Waals surface area contributed by atoms with Crippen LogP contribution in [0.5, 0.6) is 0 Å². The van der Waals surface area contributed by atoms with Crippen LogP contribution in [0, 0.1) is 0 Å². The van der Waals surface area contributed by atoms with Crippen LogP contribution in [0.4, 0.5) is 0 Å². The largest absolute Gasteiger partial charge is 0.289 e. The maximum Gasteiger partial charge on any atom is 0.0407 e. The second-order valence-corrected chi connectivity index (χ2v) is 5.10. The van der Waals surface area contributed by atoms with Crippen LogP contribution in [-0.2, 0) is 6.42 Å². The first-order chi connectivity index (χ1) is 7.36. The van der Waals surface area contributed by atoms with Crippen molar-refractivity contribution < 1.29 is 0 Å². The monoisotopic (exact) mass is 215 g/mol. The fourth-order valence-electron chi connectivity index (χ4n) is 2.23. The summed E-state index contributed by atoms with van der Waals surface area (Å²) in [6.45, 7) is 3.13.